The third-order valence-corrected chi connectivity index (χ3v) is 3.28. The van der Waals surface area contributed by atoms with E-state index in [0.717, 1.165) is 5.56 Å². The number of ether oxygens (including phenoxy) is 2. The molecular weight excluding hydrogens is 302 g/mol. The predicted molar refractivity (Wildman–Crippen MR) is 81.0 cm³/mol. The summed E-state index contributed by atoms with van der Waals surface area (Å²) in [4.78, 5) is 24.5. The first-order valence-electron chi connectivity index (χ1n) is 6.75. The molecule has 2 rings (SSSR count). The summed E-state index contributed by atoms with van der Waals surface area (Å²) in [5, 5.41) is 8.82. The highest BCUT2D eigenvalue weighted by atomic mass is 16.5. The third-order valence-electron chi connectivity index (χ3n) is 3.28. The van der Waals surface area contributed by atoms with E-state index in [1.165, 1.54) is 24.1 Å². The van der Waals surface area contributed by atoms with Gasteiger partial charge in [0, 0.05) is 25.2 Å². The van der Waals surface area contributed by atoms with Crippen molar-refractivity contribution in [3.05, 3.63) is 47.4 Å². The molecular formula is C16H17NO6. The van der Waals surface area contributed by atoms with Gasteiger partial charge in [-0.05, 0) is 24.3 Å². The Morgan fingerprint density at radius 1 is 1.13 bits per heavy atom. The number of hydrogen-bond acceptors (Lipinski definition) is 5. The molecule has 122 valence electrons. The van der Waals surface area contributed by atoms with Crippen molar-refractivity contribution < 1.29 is 28.6 Å². The van der Waals surface area contributed by atoms with Crippen molar-refractivity contribution in [2.24, 2.45) is 0 Å². The molecule has 1 aromatic carbocycles. The Kier molecular flexibility index (Phi) is 4.90. The van der Waals surface area contributed by atoms with Crippen molar-refractivity contribution >= 4 is 11.9 Å². The number of benzene rings is 1. The monoisotopic (exact) mass is 319 g/mol. The Morgan fingerprint density at radius 2 is 1.83 bits per heavy atom. The quantitative estimate of drug-likeness (QED) is 0.878. The van der Waals surface area contributed by atoms with E-state index in [9.17, 15) is 9.59 Å². The second-order valence-electron chi connectivity index (χ2n) is 4.81. The summed E-state index contributed by atoms with van der Waals surface area (Å²) in [5.74, 6) is -0.702. The molecule has 0 spiro atoms. The van der Waals surface area contributed by atoms with Gasteiger partial charge in [-0.2, -0.15) is 0 Å². The van der Waals surface area contributed by atoms with Crippen molar-refractivity contribution in [3.8, 4) is 11.5 Å². The molecule has 0 saturated carbocycles. The zero-order valence-corrected chi connectivity index (χ0v) is 13.0. The molecule has 2 aromatic rings. The van der Waals surface area contributed by atoms with Gasteiger partial charge >= 0.3 is 5.97 Å². The zero-order valence-electron chi connectivity index (χ0n) is 13.0. The second-order valence-corrected chi connectivity index (χ2v) is 4.81. The van der Waals surface area contributed by atoms with Crippen LogP contribution in [0.15, 0.2) is 34.7 Å². The van der Waals surface area contributed by atoms with Gasteiger partial charge in [0.05, 0.1) is 14.2 Å². The summed E-state index contributed by atoms with van der Waals surface area (Å²) in [6.07, 6.45) is 0. The van der Waals surface area contributed by atoms with Crippen LogP contribution < -0.4 is 9.47 Å². The van der Waals surface area contributed by atoms with Crippen molar-refractivity contribution in [2.45, 2.75) is 6.54 Å². The van der Waals surface area contributed by atoms with E-state index in [2.05, 4.69) is 0 Å². The molecule has 0 radical (unpaired) electrons. The van der Waals surface area contributed by atoms with Gasteiger partial charge in [-0.1, -0.05) is 0 Å². The maximum absolute atomic E-state index is 12.3. The SMILES string of the molecule is COc1ccc(CN(C)C(=O)c2ccc(C(=O)O)o2)c(OC)c1. The van der Waals surface area contributed by atoms with Crippen LogP contribution in [0.4, 0.5) is 0 Å². The first-order valence-corrected chi connectivity index (χ1v) is 6.75. The highest BCUT2D eigenvalue weighted by Gasteiger charge is 2.19. The summed E-state index contributed by atoms with van der Waals surface area (Å²) in [6, 6.07) is 7.88. The topological polar surface area (TPSA) is 89.2 Å². The summed E-state index contributed by atoms with van der Waals surface area (Å²) < 4.78 is 15.4. The fourth-order valence-corrected chi connectivity index (χ4v) is 2.07. The molecule has 0 fully saturated rings. The van der Waals surface area contributed by atoms with Crippen LogP contribution in [-0.4, -0.2) is 43.2 Å². The minimum absolute atomic E-state index is 0.0302. The molecule has 0 atom stereocenters. The number of methoxy groups -OCH3 is 2. The summed E-state index contributed by atoms with van der Waals surface area (Å²) in [7, 11) is 4.68. The van der Waals surface area contributed by atoms with E-state index in [0.29, 0.717) is 11.5 Å². The van der Waals surface area contributed by atoms with Gasteiger partial charge in [0.1, 0.15) is 11.5 Å². The Balaban J connectivity index is 2.15. The average molecular weight is 319 g/mol. The first-order chi connectivity index (χ1) is 11.0. The average Bonchev–Trinajstić information content (AvgIpc) is 3.04. The van der Waals surface area contributed by atoms with Crippen LogP contribution in [0.2, 0.25) is 0 Å². The zero-order chi connectivity index (χ0) is 17.0. The second kappa shape index (κ2) is 6.87. The predicted octanol–water partition coefficient (Wildman–Crippen LogP) is 2.27. The molecule has 23 heavy (non-hydrogen) atoms. The molecule has 0 aliphatic rings. The first kappa shape index (κ1) is 16.4. The lowest BCUT2D eigenvalue weighted by molar-refractivity contribution is 0.0653. The number of carbonyl (C=O) groups excluding carboxylic acids is 1. The van der Waals surface area contributed by atoms with Crippen LogP contribution in [0.1, 0.15) is 26.7 Å². The van der Waals surface area contributed by atoms with Crippen molar-refractivity contribution in [2.75, 3.05) is 21.3 Å². The minimum Gasteiger partial charge on any atom is -0.497 e. The number of furan rings is 1. The molecule has 7 nitrogen and oxygen atoms in total. The number of rotatable bonds is 6. The molecule has 7 heteroatoms. The molecule has 0 aliphatic carbocycles. The largest absolute Gasteiger partial charge is 0.497 e. The van der Waals surface area contributed by atoms with Gasteiger partial charge in [0.15, 0.2) is 5.76 Å². The number of nitrogens with zero attached hydrogens (tertiary/aromatic N) is 1. The Bertz CT molecular complexity index is 721. The van der Waals surface area contributed by atoms with Crippen molar-refractivity contribution in [1.29, 1.82) is 0 Å². The number of amides is 1. The minimum atomic E-state index is -1.22. The van der Waals surface area contributed by atoms with Gasteiger partial charge in [0.2, 0.25) is 5.76 Å². The van der Waals surface area contributed by atoms with Crippen LogP contribution in [0.3, 0.4) is 0 Å². The lowest BCUT2D eigenvalue weighted by Crippen LogP contribution is -2.26. The molecule has 0 unspecified atom stereocenters. The van der Waals surface area contributed by atoms with E-state index in [1.54, 1.807) is 32.4 Å². The fraction of sp³-hybridized carbons (Fsp3) is 0.250. The van der Waals surface area contributed by atoms with Gasteiger partial charge in [-0.25, -0.2) is 4.79 Å². The van der Waals surface area contributed by atoms with Gasteiger partial charge < -0.3 is 23.9 Å². The lowest BCUT2D eigenvalue weighted by atomic mass is 10.1. The van der Waals surface area contributed by atoms with E-state index >= 15 is 0 Å². The van der Waals surface area contributed by atoms with Crippen LogP contribution in [0.5, 0.6) is 11.5 Å². The number of carbonyl (C=O) groups is 2. The van der Waals surface area contributed by atoms with Crippen LogP contribution in [-0.2, 0) is 6.54 Å². The highest BCUT2D eigenvalue weighted by molar-refractivity contribution is 5.93. The molecule has 0 saturated heterocycles. The normalized spacial score (nSPS) is 10.2. The Hall–Kier alpha value is -2.96. The number of carboxylic acid groups (broad SMARTS) is 1. The number of hydrogen-bond donors (Lipinski definition) is 1. The molecule has 0 aliphatic heterocycles. The van der Waals surface area contributed by atoms with E-state index in [-0.39, 0.29) is 18.1 Å². The number of carboxylic acids is 1. The van der Waals surface area contributed by atoms with E-state index < -0.39 is 11.9 Å². The standard InChI is InChI=1S/C16H17NO6/c1-17(15(18)12-6-7-13(23-12)16(19)20)9-10-4-5-11(21-2)8-14(10)22-3/h4-8H,9H2,1-3H3,(H,19,20). The van der Waals surface area contributed by atoms with E-state index in [1.807, 2.05) is 0 Å². The smallest absolute Gasteiger partial charge is 0.371 e. The summed E-state index contributed by atoms with van der Waals surface area (Å²) in [5.41, 5.74) is 0.786. The molecule has 1 heterocycles. The van der Waals surface area contributed by atoms with Crippen LogP contribution in [0.25, 0.3) is 0 Å². The molecule has 0 bridgehead atoms. The molecule has 1 aromatic heterocycles. The molecule has 1 N–H and O–H groups in total. The molecule has 1 amide bonds. The van der Waals surface area contributed by atoms with Crippen LogP contribution in [0, 0.1) is 0 Å². The Labute approximate surface area is 133 Å². The van der Waals surface area contributed by atoms with Crippen molar-refractivity contribution in [3.63, 3.8) is 0 Å². The van der Waals surface area contributed by atoms with Crippen molar-refractivity contribution in [1.82, 2.24) is 4.90 Å². The lowest BCUT2D eigenvalue weighted by Gasteiger charge is -2.18. The van der Waals surface area contributed by atoms with Crippen LogP contribution >= 0.6 is 0 Å². The highest BCUT2D eigenvalue weighted by Crippen LogP contribution is 2.26. The maximum Gasteiger partial charge on any atom is 0.371 e. The van der Waals surface area contributed by atoms with E-state index in [4.69, 9.17) is 19.0 Å². The van der Waals surface area contributed by atoms with Gasteiger partial charge in [0.25, 0.3) is 5.91 Å². The number of aromatic carboxylic acids is 1. The maximum atomic E-state index is 12.3. The fourth-order valence-electron chi connectivity index (χ4n) is 2.07. The third kappa shape index (κ3) is 3.63. The summed E-state index contributed by atoms with van der Waals surface area (Å²) in [6.45, 7) is 0.273. The van der Waals surface area contributed by atoms with Gasteiger partial charge in [-0.3, -0.25) is 4.79 Å². The summed E-state index contributed by atoms with van der Waals surface area (Å²) >= 11 is 0. The Morgan fingerprint density at radius 3 is 2.39 bits per heavy atom. The van der Waals surface area contributed by atoms with Gasteiger partial charge in [-0.15, -0.1) is 0 Å².